The largest absolute Gasteiger partial charge is 0.495 e. The fraction of sp³-hybridized carbons (Fsp3) is 0.538. The molecule has 0 bridgehead atoms. The molecule has 0 spiro atoms. The van der Waals surface area contributed by atoms with Gasteiger partial charge in [-0.25, -0.2) is 0 Å². The van der Waals surface area contributed by atoms with E-state index in [1.807, 2.05) is 12.1 Å². The molecule has 1 saturated heterocycles. The van der Waals surface area contributed by atoms with E-state index in [-0.39, 0.29) is 0 Å². The first-order valence-corrected chi connectivity index (χ1v) is 5.72. The predicted octanol–water partition coefficient (Wildman–Crippen LogP) is 3.07. The van der Waals surface area contributed by atoms with Crippen LogP contribution in [0, 0.1) is 0 Å². The second-order valence-electron chi connectivity index (χ2n) is 4.21. The minimum absolute atomic E-state index is 0.634. The number of piperidine rings is 1. The summed E-state index contributed by atoms with van der Waals surface area (Å²) in [5, 5.41) is 0. The molecule has 1 aromatic rings. The molecular formula is C13H19NO. The molecule has 1 aromatic carbocycles. The third-order valence-electron chi connectivity index (χ3n) is 3.20. The molecule has 0 aromatic heterocycles. The van der Waals surface area contributed by atoms with Crippen molar-refractivity contribution in [3.8, 4) is 5.75 Å². The van der Waals surface area contributed by atoms with Gasteiger partial charge < -0.3 is 9.64 Å². The van der Waals surface area contributed by atoms with Crippen LogP contribution in [0.2, 0.25) is 0 Å². The fourth-order valence-corrected chi connectivity index (χ4v) is 2.32. The van der Waals surface area contributed by atoms with E-state index < -0.39 is 0 Å². The molecule has 0 N–H and O–H groups in total. The number of benzene rings is 1. The van der Waals surface area contributed by atoms with Crippen LogP contribution < -0.4 is 9.64 Å². The average Bonchev–Trinajstić information content (AvgIpc) is 2.30. The second-order valence-corrected chi connectivity index (χ2v) is 4.21. The highest BCUT2D eigenvalue weighted by atomic mass is 16.5. The smallest absolute Gasteiger partial charge is 0.142 e. The number of hydrogen-bond acceptors (Lipinski definition) is 2. The molecule has 1 atom stereocenters. The highest BCUT2D eigenvalue weighted by Crippen LogP contribution is 2.32. The Kier molecular flexibility index (Phi) is 3.14. The molecule has 0 aliphatic carbocycles. The lowest BCUT2D eigenvalue weighted by Gasteiger charge is -2.36. The van der Waals surface area contributed by atoms with Gasteiger partial charge in [-0.05, 0) is 38.3 Å². The summed E-state index contributed by atoms with van der Waals surface area (Å²) < 4.78 is 5.41. The van der Waals surface area contributed by atoms with Gasteiger partial charge in [-0.3, -0.25) is 0 Å². The number of ether oxygens (including phenoxy) is 1. The van der Waals surface area contributed by atoms with Crippen LogP contribution in [-0.4, -0.2) is 19.7 Å². The molecule has 82 valence electrons. The molecule has 1 fully saturated rings. The Balaban J connectivity index is 2.26. The highest BCUT2D eigenvalue weighted by molar-refractivity contribution is 5.59. The molecule has 2 rings (SSSR count). The molecule has 2 heteroatoms. The van der Waals surface area contributed by atoms with E-state index in [4.69, 9.17) is 4.74 Å². The first kappa shape index (κ1) is 10.3. The summed E-state index contributed by atoms with van der Waals surface area (Å²) in [6.07, 6.45) is 3.94. The normalized spacial score (nSPS) is 21.5. The monoisotopic (exact) mass is 205 g/mol. The van der Waals surface area contributed by atoms with Gasteiger partial charge in [-0.15, -0.1) is 0 Å². The van der Waals surface area contributed by atoms with Crippen molar-refractivity contribution in [3.63, 3.8) is 0 Å². The average molecular weight is 205 g/mol. The zero-order chi connectivity index (χ0) is 10.7. The summed E-state index contributed by atoms with van der Waals surface area (Å²) in [5.41, 5.74) is 1.24. The minimum Gasteiger partial charge on any atom is -0.495 e. The Morgan fingerprint density at radius 2 is 2.07 bits per heavy atom. The zero-order valence-electron chi connectivity index (χ0n) is 9.57. The molecular weight excluding hydrogens is 186 g/mol. The summed E-state index contributed by atoms with van der Waals surface area (Å²) >= 11 is 0. The van der Waals surface area contributed by atoms with Crippen molar-refractivity contribution in [1.29, 1.82) is 0 Å². The Bertz CT molecular complexity index is 324. The van der Waals surface area contributed by atoms with Crippen LogP contribution in [-0.2, 0) is 0 Å². The molecule has 1 heterocycles. The molecule has 0 amide bonds. The quantitative estimate of drug-likeness (QED) is 0.735. The van der Waals surface area contributed by atoms with Crippen molar-refractivity contribution in [2.75, 3.05) is 18.6 Å². The summed E-state index contributed by atoms with van der Waals surface area (Å²) in [5.74, 6) is 0.992. The van der Waals surface area contributed by atoms with Gasteiger partial charge in [0.05, 0.1) is 12.8 Å². The molecule has 0 radical (unpaired) electrons. The number of rotatable bonds is 2. The van der Waals surface area contributed by atoms with Gasteiger partial charge in [0.2, 0.25) is 0 Å². The summed E-state index contributed by atoms with van der Waals surface area (Å²) in [6, 6.07) is 8.93. The Hall–Kier alpha value is -1.18. The first-order valence-electron chi connectivity index (χ1n) is 5.72. The van der Waals surface area contributed by atoms with Gasteiger partial charge in [0, 0.05) is 12.6 Å². The lowest BCUT2D eigenvalue weighted by atomic mass is 10.0. The third-order valence-corrected chi connectivity index (χ3v) is 3.20. The lowest BCUT2D eigenvalue weighted by Crippen LogP contribution is -2.37. The number of hydrogen-bond donors (Lipinski definition) is 0. The summed E-state index contributed by atoms with van der Waals surface area (Å²) in [4.78, 5) is 2.46. The number of methoxy groups -OCH3 is 1. The van der Waals surface area contributed by atoms with E-state index in [2.05, 4.69) is 24.0 Å². The maximum atomic E-state index is 5.41. The van der Waals surface area contributed by atoms with Crippen molar-refractivity contribution in [2.24, 2.45) is 0 Å². The van der Waals surface area contributed by atoms with E-state index in [0.717, 1.165) is 12.3 Å². The third kappa shape index (κ3) is 2.09. The number of nitrogens with zero attached hydrogens (tertiary/aromatic N) is 1. The molecule has 0 unspecified atom stereocenters. The van der Waals surface area contributed by atoms with Crippen LogP contribution in [0.15, 0.2) is 24.3 Å². The fourth-order valence-electron chi connectivity index (χ4n) is 2.32. The minimum atomic E-state index is 0.634. The topological polar surface area (TPSA) is 12.5 Å². The Morgan fingerprint density at radius 1 is 1.27 bits per heavy atom. The van der Waals surface area contributed by atoms with E-state index in [9.17, 15) is 0 Å². The number of para-hydroxylation sites is 2. The summed E-state index contributed by atoms with van der Waals surface area (Å²) in [7, 11) is 1.74. The van der Waals surface area contributed by atoms with Gasteiger partial charge >= 0.3 is 0 Å². The maximum absolute atomic E-state index is 5.41. The van der Waals surface area contributed by atoms with Crippen LogP contribution in [0.25, 0.3) is 0 Å². The molecule has 1 aliphatic rings. The van der Waals surface area contributed by atoms with Crippen LogP contribution in [0.3, 0.4) is 0 Å². The standard InChI is InChI=1S/C13H19NO/c1-11-7-5-6-10-14(11)12-8-3-4-9-13(12)15-2/h3-4,8-9,11H,5-7,10H2,1-2H3/t11-/m1/s1. The van der Waals surface area contributed by atoms with Crippen molar-refractivity contribution in [3.05, 3.63) is 24.3 Å². The predicted molar refractivity (Wildman–Crippen MR) is 63.7 cm³/mol. The first-order chi connectivity index (χ1) is 7.33. The van der Waals surface area contributed by atoms with Crippen LogP contribution >= 0.6 is 0 Å². The zero-order valence-corrected chi connectivity index (χ0v) is 9.57. The van der Waals surface area contributed by atoms with Gasteiger partial charge in [-0.1, -0.05) is 12.1 Å². The molecule has 2 nitrogen and oxygen atoms in total. The van der Waals surface area contributed by atoms with Crippen molar-refractivity contribution >= 4 is 5.69 Å². The van der Waals surface area contributed by atoms with Crippen molar-refractivity contribution in [1.82, 2.24) is 0 Å². The van der Waals surface area contributed by atoms with Crippen molar-refractivity contribution in [2.45, 2.75) is 32.2 Å². The van der Waals surface area contributed by atoms with Gasteiger partial charge in [0.25, 0.3) is 0 Å². The second kappa shape index (κ2) is 4.56. The van der Waals surface area contributed by atoms with Gasteiger partial charge in [0.1, 0.15) is 5.75 Å². The van der Waals surface area contributed by atoms with E-state index in [1.165, 1.54) is 24.9 Å². The van der Waals surface area contributed by atoms with Crippen LogP contribution in [0.4, 0.5) is 5.69 Å². The van der Waals surface area contributed by atoms with E-state index in [0.29, 0.717) is 6.04 Å². The maximum Gasteiger partial charge on any atom is 0.142 e. The van der Waals surface area contributed by atoms with Gasteiger partial charge in [0.15, 0.2) is 0 Å². The van der Waals surface area contributed by atoms with Gasteiger partial charge in [-0.2, -0.15) is 0 Å². The molecule has 15 heavy (non-hydrogen) atoms. The van der Waals surface area contributed by atoms with E-state index >= 15 is 0 Å². The van der Waals surface area contributed by atoms with Crippen LogP contribution in [0.1, 0.15) is 26.2 Å². The molecule has 0 saturated carbocycles. The van der Waals surface area contributed by atoms with E-state index in [1.54, 1.807) is 7.11 Å². The lowest BCUT2D eigenvalue weighted by molar-refractivity contribution is 0.407. The Labute approximate surface area is 91.9 Å². The number of anilines is 1. The summed E-state index contributed by atoms with van der Waals surface area (Å²) in [6.45, 7) is 3.45. The van der Waals surface area contributed by atoms with Crippen LogP contribution in [0.5, 0.6) is 5.75 Å². The van der Waals surface area contributed by atoms with Crippen molar-refractivity contribution < 1.29 is 4.74 Å². The molecule has 1 aliphatic heterocycles. The Morgan fingerprint density at radius 3 is 2.80 bits per heavy atom. The highest BCUT2D eigenvalue weighted by Gasteiger charge is 2.20. The SMILES string of the molecule is COc1ccccc1N1CCCC[C@H]1C.